The molecule has 1 heteroatoms. The molecule has 1 radical (unpaired) electrons. The van der Waals surface area contributed by atoms with Crippen LogP contribution in [0.25, 0.3) is 0 Å². The van der Waals surface area contributed by atoms with Gasteiger partial charge in [0.1, 0.15) is 6.10 Å². The van der Waals surface area contributed by atoms with Crippen molar-refractivity contribution in [1.29, 1.82) is 0 Å². The zero-order valence-corrected chi connectivity index (χ0v) is 13.1. The smallest absolute Gasteiger partial charge is 0.140 e. The lowest BCUT2D eigenvalue weighted by Gasteiger charge is -2.16. The molecule has 1 aliphatic rings. The summed E-state index contributed by atoms with van der Waals surface area (Å²) in [5.74, 6) is 0.382. The lowest BCUT2D eigenvalue weighted by Crippen LogP contribution is -2.04. The number of hydrogen-bond acceptors (Lipinski definition) is 1. The number of ether oxygens (including phenoxy) is 1. The molecule has 0 heterocycles. The van der Waals surface area contributed by atoms with E-state index in [9.17, 15) is 0 Å². The van der Waals surface area contributed by atoms with Gasteiger partial charge in [0.05, 0.1) is 0 Å². The first-order chi connectivity index (χ1) is 10.4. The summed E-state index contributed by atoms with van der Waals surface area (Å²) in [7, 11) is 0. The molecule has 2 rings (SSSR count). The minimum absolute atomic E-state index is 0.382. The Balaban J connectivity index is 1.61. The fourth-order valence-electron chi connectivity index (χ4n) is 2.58. The zero-order valence-electron chi connectivity index (χ0n) is 13.1. The lowest BCUT2D eigenvalue weighted by atomic mass is 9.94. The predicted octanol–water partition coefficient (Wildman–Crippen LogP) is 5.81. The van der Waals surface area contributed by atoms with E-state index in [1.807, 2.05) is 0 Å². The normalized spacial score (nSPS) is 15.7. The third-order valence-electron chi connectivity index (χ3n) is 3.89. The van der Waals surface area contributed by atoms with Gasteiger partial charge in [-0.15, -0.1) is 0 Å². The van der Waals surface area contributed by atoms with Gasteiger partial charge in [-0.1, -0.05) is 81.5 Å². The number of unbranched alkanes of at least 4 members (excludes halogenated alkanes) is 5. The molecule has 1 nitrogen and oxygen atoms in total. The van der Waals surface area contributed by atoms with Gasteiger partial charge >= 0.3 is 0 Å². The van der Waals surface area contributed by atoms with Crippen molar-refractivity contribution >= 4 is 0 Å². The summed E-state index contributed by atoms with van der Waals surface area (Å²) in [5, 5.41) is 0. The van der Waals surface area contributed by atoms with Crippen LogP contribution in [0.1, 0.15) is 56.9 Å². The van der Waals surface area contributed by atoms with Crippen LogP contribution in [0.5, 0.6) is 0 Å². The van der Waals surface area contributed by atoms with E-state index in [2.05, 4.69) is 61.6 Å². The van der Waals surface area contributed by atoms with Gasteiger partial charge in [0.2, 0.25) is 0 Å². The molecule has 113 valence electrons. The molecule has 0 saturated carbocycles. The van der Waals surface area contributed by atoms with Crippen LogP contribution < -0.4 is 0 Å². The molecule has 0 fully saturated rings. The summed E-state index contributed by atoms with van der Waals surface area (Å²) >= 11 is 0. The largest absolute Gasteiger partial charge is 0.363 e. The summed E-state index contributed by atoms with van der Waals surface area (Å²) in [4.78, 5) is 0. The van der Waals surface area contributed by atoms with Gasteiger partial charge in [-0.2, -0.15) is 0 Å². The minimum Gasteiger partial charge on any atom is -0.363 e. The van der Waals surface area contributed by atoms with Crippen molar-refractivity contribution in [3.8, 4) is 0 Å². The first kappa shape index (κ1) is 16.0. The fraction of sp³-hybridized carbons (Fsp3) is 0.450. The molecule has 0 N–H and O–H groups in total. The van der Waals surface area contributed by atoms with E-state index >= 15 is 0 Å². The van der Waals surface area contributed by atoms with Crippen molar-refractivity contribution in [2.75, 3.05) is 6.61 Å². The second kappa shape index (κ2) is 9.57. The molecule has 0 aromatic heterocycles. The van der Waals surface area contributed by atoms with E-state index in [1.165, 1.54) is 37.7 Å². The highest BCUT2D eigenvalue weighted by molar-refractivity contribution is 5.36. The second-order valence-corrected chi connectivity index (χ2v) is 5.67. The maximum atomic E-state index is 5.82. The van der Waals surface area contributed by atoms with Gasteiger partial charge < -0.3 is 4.74 Å². The van der Waals surface area contributed by atoms with Crippen molar-refractivity contribution in [3.63, 3.8) is 0 Å². The Labute approximate surface area is 129 Å². The van der Waals surface area contributed by atoms with Crippen molar-refractivity contribution in [2.24, 2.45) is 0 Å². The van der Waals surface area contributed by atoms with Crippen molar-refractivity contribution in [3.05, 3.63) is 66.3 Å². The minimum atomic E-state index is 0.382. The first-order valence-electron chi connectivity index (χ1n) is 8.31. The summed E-state index contributed by atoms with van der Waals surface area (Å²) < 4.78 is 5.82. The summed E-state index contributed by atoms with van der Waals surface area (Å²) in [6, 6.07) is 10.6. The van der Waals surface area contributed by atoms with E-state index in [0.717, 1.165) is 19.1 Å². The molecule has 0 bridgehead atoms. The maximum absolute atomic E-state index is 5.82. The molecule has 0 aliphatic heterocycles. The SMILES string of the molecule is CCCCCCCCO[C]1C=CC(c2ccccc2)C=C1. The molecule has 21 heavy (non-hydrogen) atoms. The molecule has 0 atom stereocenters. The molecule has 1 aromatic rings. The zero-order chi connectivity index (χ0) is 14.8. The van der Waals surface area contributed by atoms with Crippen LogP contribution >= 0.6 is 0 Å². The number of benzene rings is 1. The monoisotopic (exact) mass is 283 g/mol. The second-order valence-electron chi connectivity index (χ2n) is 5.67. The Hall–Kier alpha value is -1.34. The van der Waals surface area contributed by atoms with Crippen LogP contribution in [0, 0.1) is 6.10 Å². The van der Waals surface area contributed by atoms with E-state index in [0.29, 0.717) is 5.92 Å². The average molecular weight is 283 g/mol. The highest BCUT2D eigenvalue weighted by Gasteiger charge is 2.11. The van der Waals surface area contributed by atoms with Crippen LogP contribution in [-0.2, 0) is 4.74 Å². The van der Waals surface area contributed by atoms with Gasteiger partial charge in [-0.3, -0.25) is 0 Å². The molecule has 1 aromatic carbocycles. The molecule has 0 spiro atoms. The Kier molecular flexibility index (Phi) is 7.31. The van der Waals surface area contributed by atoms with E-state index in [1.54, 1.807) is 0 Å². The standard InChI is InChI=1S/C20H27O/c1-2-3-4-5-6-10-17-21-20-15-13-19(14-16-20)18-11-8-7-9-12-18/h7-9,11-16,19H,2-6,10,17H2,1H3. The third kappa shape index (κ3) is 5.89. The van der Waals surface area contributed by atoms with E-state index < -0.39 is 0 Å². The van der Waals surface area contributed by atoms with Crippen LogP contribution in [0.4, 0.5) is 0 Å². The molecule has 0 unspecified atom stereocenters. The van der Waals surface area contributed by atoms with Crippen LogP contribution in [0.3, 0.4) is 0 Å². The third-order valence-corrected chi connectivity index (χ3v) is 3.89. The van der Waals surface area contributed by atoms with Crippen LogP contribution in [-0.4, -0.2) is 6.61 Å². The molecular weight excluding hydrogens is 256 g/mol. The molecule has 0 saturated heterocycles. The Morgan fingerprint density at radius 1 is 0.857 bits per heavy atom. The summed E-state index contributed by atoms with van der Waals surface area (Å²) in [5.41, 5.74) is 1.33. The molecule has 1 aliphatic carbocycles. The number of allylic oxidation sites excluding steroid dienone is 2. The van der Waals surface area contributed by atoms with Gasteiger partial charge in [0.15, 0.2) is 0 Å². The van der Waals surface area contributed by atoms with Crippen molar-refractivity contribution in [2.45, 2.75) is 51.4 Å². The highest BCUT2D eigenvalue weighted by atomic mass is 16.5. The van der Waals surface area contributed by atoms with Gasteiger partial charge in [-0.25, -0.2) is 0 Å². The van der Waals surface area contributed by atoms with Gasteiger partial charge in [0, 0.05) is 12.5 Å². The Bertz CT molecular complexity index is 418. The van der Waals surface area contributed by atoms with Crippen molar-refractivity contribution in [1.82, 2.24) is 0 Å². The van der Waals surface area contributed by atoms with Crippen molar-refractivity contribution < 1.29 is 4.74 Å². The highest BCUT2D eigenvalue weighted by Crippen LogP contribution is 2.25. The maximum Gasteiger partial charge on any atom is 0.140 e. The number of hydrogen-bond donors (Lipinski definition) is 0. The predicted molar refractivity (Wildman–Crippen MR) is 90.0 cm³/mol. The van der Waals surface area contributed by atoms with Crippen LogP contribution in [0.15, 0.2) is 54.6 Å². The summed E-state index contributed by atoms with van der Waals surface area (Å²) in [6.45, 7) is 3.09. The molecular formula is C20H27O. The van der Waals surface area contributed by atoms with Crippen LogP contribution in [0.2, 0.25) is 0 Å². The van der Waals surface area contributed by atoms with Gasteiger partial charge in [0.25, 0.3) is 0 Å². The topological polar surface area (TPSA) is 9.23 Å². The lowest BCUT2D eigenvalue weighted by molar-refractivity contribution is 0.176. The Morgan fingerprint density at radius 2 is 1.52 bits per heavy atom. The quantitative estimate of drug-likeness (QED) is 0.520. The fourth-order valence-corrected chi connectivity index (χ4v) is 2.58. The number of rotatable bonds is 9. The first-order valence-corrected chi connectivity index (χ1v) is 8.31. The molecule has 0 amide bonds. The summed E-state index contributed by atoms with van der Waals surface area (Å²) in [6.07, 6.45) is 17.5. The average Bonchev–Trinajstić information content (AvgIpc) is 2.55. The van der Waals surface area contributed by atoms with E-state index in [4.69, 9.17) is 4.74 Å². The Morgan fingerprint density at radius 3 is 2.24 bits per heavy atom. The van der Waals surface area contributed by atoms with Gasteiger partial charge in [-0.05, 0) is 24.1 Å². The van der Waals surface area contributed by atoms with E-state index in [-0.39, 0.29) is 0 Å².